The van der Waals surface area contributed by atoms with Gasteiger partial charge in [-0.3, -0.25) is 9.78 Å². The monoisotopic (exact) mass is 333 g/mol. The number of rotatable bonds is 5. The number of nitrogens with zero attached hydrogens (tertiary/aromatic N) is 1. The highest BCUT2D eigenvalue weighted by molar-refractivity contribution is 6.16. The second kappa shape index (κ2) is 6.88. The minimum absolute atomic E-state index is 0.140. The molecule has 1 rings (SSSR count). The maximum atomic E-state index is 13.0. The third-order valence-corrected chi connectivity index (χ3v) is 2.55. The Balaban J connectivity index is 3.38. The van der Waals surface area contributed by atoms with Gasteiger partial charge in [0.05, 0.1) is 36.4 Å². The largest absolute Gasteiger partial charge is 0.573 e. The Morgan fingerprint density at radius 1 is 1.43 bits per heavy atom. The Hall–Kier alpha value is -1.64. The van der Waals surface area contributed by atoms with E-state index in [1.165, 1.54) is 0 Å². The zero-order valence-corrected chi connectivity index (χ0v) is 11.3. The lowest BCUT2D eigenvalue weighted by molar-refractivity contribution is -0.275. The summed E-state index contributed by atoms with van der Waals surface area (Å²) in [7, 11) is 1.00. The van der Waals surface area contributed by atoms with Crippen LogP contribution in [0.4, 0.5) is 22.0 Å². The molecule has 0 bridgehead atoms. The van der Waals surface area contributed by atoms with Gasteiger partial charge >= 0.3 is 12.3 Å². The van der Waals surface area contributed by atoms with Gasteiger partial charge in [0.15, 0.2) is 0 Å². The van der Waals surface area contributed by atoms with Gasteiger partial charge in [-0.1, -0.05) is 0 Å². The molecule has 0 atom stereocenters. The van der Waals surface area contributed by atoms with E-state index in [0.29, 0.717) is 6.07 Å². The van der Waals surface area contributed by atoms with Gasteiger partial charge in [0.1, 0.15) is 5.75 Å². The van der Waals surface area contributed by atoms with Crippen molar-refractivity contribution < 1.29 is 36.2 Å². The Bertz CT molecular complexity index is 521. The third-order valence-electron chi connectivity index (χ3n) is 2.27. The minimum atomic E-state index is -5.17. The zero-order valence-electron chi connectivity index (χ0n) is 10.5. The van der Waals surface area contributed by atoms with Gasteiger partial charge in [0.25, 0.3) is 6.43 Å². The van der Waals surface area contributed by atoms with Crippen molar-refractivity contribution in [2.24, 2.45) is 0 Å². The predicted octanol–water partition coefficient (Wildman–Crippen LogP) is 3.37. The molecule has 0 aliphatic carbocycles. The maximum Gasteiger partial charge on any atom is 0.573 e. The molecule has 118 valence electrons. The fourth-order valence-corrected chi connectivity index (χ4v) is 1.63. The number of hydrogen-bond acceptors (Lipinski definition) is 4. The van der Waals surface area contributed by atoms with Crippen LogP contribution in [0.1, 0.15) is 23.4 Å². The van der Waals surface area contributed by atoms with Crippen molar-refractivity contribution in [1.82, 2.24) is 4.98 Å². The van der Waals surface area contributed by atoms with Gasteiger partial charge in [-0.15, -0.1) is 24.8 Å². The summed E-state index contributed by atoms with van der Waals surface area (Å²) in [5, 5.41) is 0. The van der Waals surface area contributed by atoms with Crippen LogP contribution in [-0.4, -0.2) is 24.4 Å². The third kappa shape index (κ3) is 5.00. The summed E-state index contributed by atoms with van der Waals surface area (Å²) >= 11 is 5.44. The first kappa shape index (κ1) is 17.4. The fourth-order valence-electron chi connectivity index (χ4n) is 1.49. The number of hydrogen-bond donors (Lipinski definition) is 0. The Morgan fingerprint density at radius 3 is 2.48 bits per heavy atom. The number of ether oxygens (including phenoxy) is 2. The predicted molar refractivity (Wildman–Crippen MR) is 61.2 cm³/mol. The second-order valence-corrected chi connectivity index (χ2v) is 3.97. The van der Waals surface area contributed by atoms with E-state index in [1.54, 1.807) is 0 Å². The first-order valence-electron chi connectivity index (χ1n) is 5.37. The van der Waals surface area contributed by atoms with E-state index >= 15 is 0 Å². The molecule has 0 saturated carbocycles. The van der Waals surface area contributed by atoms with Gasteiger partial charge in [-0.2, -0.15) is 0 Å². The van der Waals surface area contributed by atoms with Gasteiger partial charge in [-0.25, -0.2) is 8.78 Å². The van der Waals surface area contributed by atoms with Crippen LogP contribution in [0, 0.1) is 0 Å². The molecule has 0 amide bonds. The molecule has 0 unspecified atom stereocenters. The van der Waals surface area contributed by atoms with Crippen molar-refractivity contribution >= 4 is 17.6 Å². The molecule has 0 aliphatic rings. The van der Waals surface area contributed by atoms with Crippen LogP contribution in [-0.2, 0) is 21.8 Å². The second-order valence-electron chi connectivity index (χ2n) is 3.71. The molecule has 0 fully saturated rings. The molecule has 0 N–H and O–H groups in total. The number of carbonyl (C=O) groups is 1. The lowest BCUT2D eigenvalue weighted by Crippen LogP contribution is -2.20. The molecule has 10 heteroatoms. The Morgan fingerprint density at radius 2 is 2.05 bits per heavy atom. The summed E-state index contributed by atoms with van der Waals surface area (Å²) in [6.07, 6.45) is -9.22. The van der Waals surface area contributed by atoms with Gasteiger partial charge in [0.2, 0.25) is 0 Å². The average Bonchev–Trinajstić information content (AvgIpc) is 2.35. The molecular formula is C11H9ClF5NO3. The van der Waals surface area contributed by atoms with Crippen molar-refractivity contribution in [3.63, 3.8) is 0 Å². The molecule has 0 saturated heterocycles. The molecule has 21 heavy (non-hydrogen) atoms. The lowest BCUT2D eigenvalue weighted by atomic mass is 10.1. The van der Waals surface area contributed by atoms with Crippen molar-refractivity contribution in [3.8, 4) is 5.75 Å². The minimum Gasteiger partial charge on any atom is -0.469 e. The summed E-state index contributed by atoms with van der Waals surface area (Å²) in [6.45, 7) is 0. The number of carbonyl (C=O) groups excluding carboxylic acids is 1. The summed E-state index contributed by atoms with van der Waals surface area (Å²) in [5.41, 5.74) is -1.83. The van der Waals surface area contributed by atoms with E-state index < -0.39 is 42.2 Å². The molecule has 0 aromatic carbocycles. The van der Waals surface area contributed by atoms with Gasteiger partial charge < -0.3 is 9.47 Å². The van der Waals surface area contributed by atoms with Crippen molar-refractivity contribution in [3.05, 3.63) is 23.0 Å². The molecule has 1 aromatic rings. The fraction of sp³-hybridized carbons (Fsp3) is 0.455. The number of methoxy groups -OCH3 is 1. The van der Waals surface area contributed by atoms with E-state index in [2.05, 4.69) is 14.5 Å². The molecule has 0 spiro atoms. The highest BCUT2D eigenvalue weighted by atomic mass is 35.5. The maximum absolute atomic E-state index is 13.0. The first-order valence-corrected chi connectivity index (χ1v) is 5.90. The lowest BCUT2D eigenvalue weighted by Gasteiger charge is -2.16. The number of alkyl halides is 6. The summed E-state index contributed by atoms with van der Waals surface area (Å²) < 4.78 is 70.6. The number of pyridine rings is 1. The highest BCUT2D eigenvalue weighted by Gasteiger charge is 2.35. The number of esters is 1. The van der Waals surface area contributed by atoms with Crippen LogP contribution in [0.2, 0.25) is 0 Å². The number of aromatic nitrogens is 1. The van der Waals surface area contributed by atoms with E-state index in [9.17, 15) is 26.7 Å². The van der Waals surface area contributed by atoms with Gasteiger partial charge in [-0.05, 0) is 0 Å². The van der Waals surface area contributed by atoms with Crippen molar-refractivity contribution in [2.45, 2.75) is 25.1 Å². The smallest absolute Gasteiger partial charge is 0.469 e. The van der Waals surface area contributed by atoms with E-state index in [4.69, 9.17) is 11.6 Å². The van der Waals surface area contributed by atoms with Gasteiger partial charge in [0, 0.05) is 6.07 Å². The molecule has 0 radical (unpaired) electrons. The molecule has 1 aromatic heterocycles. The summed E-state index contributed by atoms with van der Waals surface area (Å²) in [5.74, 6) is -2.41. The Kier molecular flexibility index (Phi) is 5.70. The average molecular weight is 334 g/mol. The van der Waals surface area contributed by atoms with Crippen LogP contribution in [0.3, 0.4) is 0 Å². The topological polar surface area (TPSA) is 48.4 Å². The van der Waals surface area contributed by atoms with Crippen LogP contribution < -0.4 is 4.74 Å². The molecule has 4 nitrogen and oxygen atoms in total. The quantitative estimate of drug-likeness (QED) is 0.471. The SMILES string of the molecule is COC(=O)Cc1nc(CCl)cc(OC(F)(F)F)c1C(F)F. The Labute approximate surface area is 120 Å². The standard InChI is InChI=1S/C11H9ClF5NO3/c1-20-8(19)3-6-9(10(13)14)7(21-11(15,16)17)2-5(4-12)18-6/h2,10H,3-4H2,1H3. The van der Waals surface area contributed by atoms with Crippen LogP contribution >= 0.6 is 11.6 Å². The normalized spacial score (nSPS) is 11.6. The van der Waals surface area contributed by atoms with E-state index in [1.807, 2.05) is 0 Å². The zero-order chi connectivity index (χ0) is 16.2. The van der Waals surface area contributed by atoms with E-state index in [0.717, 1.165) is 7.11 Å². The van der Waals surface area contributed by atoms with Crippen LogP contribution in [0.25, 0.3) is 0 Å². The van der Waals surface area contributed by atoms with Crippen molar-refractivity contribution in [1.29, 1.82) is 0 Å². The molecule has 1 heterocycles. The van der Waals surface area contributed by atoms with Crippen LogP contribution in [0.15, 0.2) is 6.07 Å². The summed E-state index contributed by atoms with van der Waals surface area (Å²) in [4.78, 5) is 14.8. The highest BCUT2D eigenvalue weighted by Crippen LogP contribution is 2.36. The first-order chi connectivity index (χ1) is 9.67. The van der Waals surface area contributed by atoms with Crippen LogP contribution in [0.5, 0.6) is 5.75 Å². The van der Waals surface area contributed by atoms with E-state index in [-0.39, 0.29) is 11.6 Å². The van der Waals surface area contributed by atoms with Crippen molar-refractivity contribution in [2.75, 3.05) is 7.11 Å². The molecular weight excluding hydrogens is 325 g/mol. The molecule has 0 aliphatic heterocycles. The summed E-state index contributed by atoms with van der Waals surface area (Å²) in [6, 6.07) is 0.656. The number of halogens is 6.